The van der Waals surface area contributed by atoms with Crippen molar-refractivity contribution in [3.8, 4) is 0 Å². The molecule has 1 atom stereocenters. The first-order chi connectivity index (χ1) is 15.2. The van der Waals surface area contributed by atoms with E-state index in [1.165, 1.54) is 24.8 Å². The van der Waals surface area contributed by atoms with Crippen molar-refractivity contribution in [2.24, 2.45) is 13.0 Å². The van der Waals surface area contributed by atoms with Crippen LogP contribution >= 0.6 is 0 Å². The average Bonchev–Trinajstić information content (AvgIpc) is 3.15. The zero-order valence-electron chi connectivity index (χ0n) is 18.7. The van der Waals surface area contributed by atoms with E-state index in [0.717, 1.165) is 82.3 Å². The van der Waals surface area contributed by atoms with Crippen LogP contribution in [0.3, 0.4) is 0 Å². The molecule has 0 radical (unpaired) electrons. The van der Waals surface area contributed by atoms with Crippen LogP contribution in [0, 0.1) is 5.92 Å². The van der Waals surface area contributed by atoms with Gasteiger partial charge in [0, 0.05) is 64.6 Å². The smallest absolute Gasteiger partial charge is 0.272 e. The molecule has 2 aromatic heterocycles. The summed E-state index contributed by atoms with van der Waals surface area (Å²) in [6, 6.07) is 6.12. The Morgan fingerprint density at radius 3 is 2.71 bits per heavy atom. The lowest BCUT2D eigenvalue weighted by atomic mass is 9.94. The molecular weight excluding hydrogens is 388 g/mol. The Hall–Kier alpha value is -2.41. The van der Waals surface area contributed by atoms with Crippen molar-refractivity contribution < 1.29 is 4.79 Å². The maximum Gasteiger partial charge on any atom is 0.272 e. The van der Waals surface area contributed by atoms with Crippen molar-refractivity contribution >= 4 is 11.7 Å². The quantitative estimate of drug-likeness (QED) is 0.757. The third-order valence-corrected chi connectivity index (χ3v) is 7.19. The number of rotatable bonds is 4. The van der Waals surface area contributed by atoms with Gasteiger partial charge in [0.25, 0.3) is 5.91 Å². The van der Waals surface area contributed by atoms with E-state index in [-0.39, 0.29) is 5.91 Å². The normalized spacial score (nSPS) is 22.4. The molecule has 2 aliphatic heterocycles. The average molecular weight is 423 g/mol. The first kappa shape index (κ1) is 20.5. The fraction of sp³-hybridized carbons (Fsp3) is 0.625. The van der Waals surface area contributed by atoms with Gasteiger partial charge in [-0.05, 0) is 56.6 Å². The van der Waals surface area contributed by atoms with Crippen molar-refractivity contribution in [1.82, 2.24) is 24.6 Å². The standard InChI is InChI=1S/C24H34N6O/c1-27-23(20-8-2-3-9-21(20)26-27)24(31)30-12-6-7-19(18-30)17-28-13-15-29(16-14-28)22-10-4-5-11-25-22/h4-5,10-11,19H,2-3,6-9,12-18H2,1H3. The maximum atomic E-state index is 13.4. The number of nitrogens with zero attached hydrogens (tertiary/aromatic N) is 6. The second kappa shape index (κ2) is 8.99. The number of aromatic nitrogens is 3. The Morgan fingerprint density at radius 1 is 1.06 bits per heavy atom. The molecule has 0 spiro atoms. The SMILES string of the molecule is Cn1nc2c(c1C(=O)N1CCCC(CN3CCN(c4ccccn4)CC3)C1)CCCC2. The van der Waals surface area contributed by atoms with Crippen LogP contribution in [0.1, 0.15) is 47.4 Å². The number of hydrogen-bond donors (Lipinski definition) is 0. The Kier molecular flexibility index (Phi) is 5.94. The number of piperidine rings is 1. The summed E-state index contributed by atoms with van der Waals surface area (Å²) in [6.07, 6.45) is 8.57. The summed E-state index contributed by atoms with van der Waals surface area (Å²) in [4.78, 5) is 25.0. The Balaban J connectivity index is 1.18. The highest BCUT2D eigenvalue weighted by molar-refractivity contribution is 5.94. The number of fused-ring (bicyclic) bond motifs is 1. The van der Waals surface area contributed by atoms with Crippen molar-refractivity contribution in [3.63, 3.8) is 0 Å². The number of pyridine rings is 1. The molecular formula is C24H34N6O. The van der Waals surface area contributed by atoms with Crippen molar-refractivity contribution in [2.75, 3.05) is 50.7 Å². The van der Waals surface area contributed by atoms with Crippen LogP contribution in [0.2, 0.25) is 0 Å². The van der Waals surface area contributed by atoms with Gasteiger partial charge in [0.05, 0.1) is 5.69 Å². The monoisotopic (exact) mass is 422 g/mol. The van der Waals surface area contributed by atoms with E-state index in [1.807, 2.05) is 24.0 Å². The van der Waals surface area contributed by atoms with Gasteiger partial charge in [-0.3, -0.25) is 14.4 Å². The number of piperazine rings is 1. The predicted octanol–water partition coefficient (Wildman–Crippen LogP) is 2.37. The molecule has 2 saturated heterocycles. The van der Waals surface area contributed by atoms with Gasteiger partial charge in [0.1, 0.15) is 11.5 Å². The minimum atomic E-state index is 0.197. The van der Waals surface area contributed by atoms with Crippen LogP contribution in [0.4, 0.5) is 5.82 Å². The van der Waals surface area contributed by atoms with E-state index in [2.05, 4.69) is 36.9 Å². The van der Waals surface area contributed by atoms with Gasteiger partial charge in [0.2, 0.25) is 0 Å². The van der Waals surface area contributed by atoms with Gasteiger partial charge < -0.3 is 9.80 Å². The maximum absolute atomic E-state index is 13.4. The summed E-state index contributed by atoms with van der Waals surface area (Å²) in [5.41, 5.74) is 3.21. The molecule has 1 unspecified atom stereocenters. The van der Waals surface area contributed by atoms with Crippen molar-refractivity contribution in [1.29, 1.82) is 0 Å². The van der Waals surface area contributed by atoms with Crippen LogP contribution < -0.4 is 4.90 Å². The van der Waals surface area contributed by atoms with Crippen molar-refractivity contribution in [3.05, 3.63) is 41.3 Å². The number of amides is 1. The fourth-order valence-corrected chi connectivity index (χ4v) is 5.56. The first-order valence-electron chi connectivity index (χ1n) is 11.9. The zero-order chi connectivity index (χ0) is 21.2. The van der Waals surface area contributed by atoms with Gasteiger partial charge in [-0.15, -0.1) is 0 Å². The highest BCUT2D eigenvalue weighted by Crippen LogP contribution is 2.27. The largest absolute Gasteiger partial charge is 0.354 e. The molecule has 0 N–H and O–H groups in total. The number of anilines is 1. The number of hydrogen-bond acceptors (Lipinski definition) is 5. The fourth-order valence-electron chi connectivity index (χ4n) is 5.56. The molecule has 31 heavy (non-hydrogen) atoms. The third-order valence-electron chi connectivity index (χ3n) is 7.19. The summed E-state index contributed by atoms with van der Waals surface area (Å²) in [7, 11) is 1.94. The summed E-state index contributed by atoms with van der Waals surface area (Å²) in [6.45, 7) is 7.01. The molecule has 7 nitrogen and oxygen atoms in total. The third kappa shape index (κ3) is 4.33. The molecule has 3 aliphatic rings. The predicted molar refractivity (Wildman–Crippen MR) is 121 cm³/mol. The van der Waals surface area contributed by atoms with Crippen LogP contribution in [-0.2, 0) is 19.9 Å². The highest BCUT2D eigenvalue weighted by atomic mass is 16.2. The number of carbonyl (C=O) groups excluding carboxylic acids is 1. The molecule has 7 heteroatoms. The van der Waals surface area contributed by atoms with Gasteiger partial charge in [-0.1, -0.05) is 6.07 Å². The lowest BCUT2D eigenvalue weighted by Gasteiger charge is -2.39. The van der Waals surface area contributed by atoms with Gasteiger partial charge in [0.15, 0.2) is 0 Å². The van der Waals surface area contributed by atoms with E-state index < -0.39 is 0 Å². The lowest BCUT2D eigenvalue weighted by molar-refractivity contribution is 0.0625. The molecule has 5 rings (SSSR count). The highest BCUT2D eigenvalue weighted by Gasteiger charge is 2.31. The topological polar surface area (TPSA) is 57.5 Å². The summed E-state index contributed by atoms with van der Waals surface area (Å²) in [5, 5.41) is 4.66. The van der Waals surface area contributed by atoms with Crippen molar-refractivity contribution in [2.45, 2.75) is 38.5 Å². The Morgan fingerprint density at radius 2 is 1.90 bits per heavy atom. The molecule has 2 fully saturated rings. The summed E-state index contributed by atoms with van der Waals surface area (Å²) in [5.74, 6) is 1.84. The molecule has 0 aromatic carbocycles. The summed E-state index contributed by atoms with van der Waals surface area (Å²) >= 11 is 0. The van der Waals surface area contributed by atoms with Gasteiger partial charge in [-0.2, -0.15) is 5.10 Å². The molecule has 4 heterocycles. The molecule has 0 saturated carbocycles. The van der Waals surface area contributed by atoms with E-state index in [9.17, 15) is 4.79 Å². The second-order valence-electron chi connectivity index (χ2n) is 9.34. The zero-order valence-corrected chi connectivity index (χ0v) is 18.7. The van der Waals surface area contributed by atoms with Crippen LogP contribution in [0.25, 0.3) is 0 Å². The number of carbonyl (C=O) groups is 1. The first-order valence-corrected chi connectivity index (χ1v) is 11.9. The summed E-state index contributed by atoms with van der Waals surface area (Å²) < 4.78 is 1.85. The Bertz CT molecular complexity index is 902. The second-order valence-corrected chi connectivity index (χ2v) is 9.34. The number of aryl methyl sites for hydroxylation is 2. The van der Waals surface area contributed by atoms with E-state index >= 15 is 0 Å². The van der Waals surface area contributed by atoms with Gasteiger partial charge >= 0.3 is 0 Å². The molecule has 1 amide bonds. The van der Waals surface area contributed by atoms with Crippen LogP contribution in [-0.4, -0.2) is 76.3 Å². The van der Waals surface area contributed by atoms with Crippen LogP contribution in [0.15, 0.2) is 24.4 Å². The Labute approximate surface area is 185 Å². The lowest BCUT2D eigenvalue weighted by Crippen LogP contribution is -2.50. The minimum Gasteiger partial charge on any atom is -0.354 e. The van der Waals surface area contributed by atoms with E-state index in [4.69, 9.17) is 0 Å². The molecule has 166 valence electrons. The van der Waals surface area contributed by atoms with Crippen LogP contribution in [0.5, 0.6) is 0 Å². The van der Waals surface area contributed by atoms with E-state index in [1.54, 1.807) is 0 Å². The van der Waals surface area contributed by atoms with E-state index in [0.29, 0.717) is 5.92 Å². The van der Waals surface area contributed by atoms with Gasteiger partial charge in [-0.25, -0.2) is 4.98 Å². The molecule has 2 aromatic rings. The molecule has 0 bridgehead atoms. The molecule has 1 aliphatic carbocycles. The number of likely N-dealkylation sites (tertiary alicyclic amines) is 1. The minimum absolute atomic E-state index is 0.197.